The minimum Gasteiger partial charge on any atom is -1.00 e. The highest BCUT2D eigenvalue weighted by Crippen LogP contribution is 2.09. The van der Waals surface area contributed by atoms with Crippen molar-refractivity contribution < 1.29 is 16.9 Å². The third-order valence-corrected chi connectivity index (χ3v) is 4.55. The summed E-state index contributed by atoms with van der Waals surface area (Å²) >= 11 is 0. The fourth-order valence-corrected chi connectivity index (χ4v) is 2.83. The van der Waals surface area contributed by atoms with Gasteiger partial charge in [-0.2, -0.15) is 0 Å². The van der Waals surface area contributed by atoms with E-state index in [1.165, 1.54) is 94.6 Å². The fourth-order valence-electron chi connectivity index (χ4n) is 2.83. The van der Waals surface area contributed by atoms with Gasteiger partial charge in [-0.25, -0.2) is 0 Å². The maximum atomic E-state index is 2.40. The van der Waals surface area contributed by atoms with Crippen LogP contribution in [0.15, 0.2) is 24.3 Å². The van der Waals surface area contributed by atoms with Crippen molar-refractivity contribution in [3.63, 3.8) is 0 Å². The van der Waals surface area contributed by atoms with Gasteiger partial charge in [0.25, 0.3) is 0 Å². The standard InChI is InChI=1S/C22H44N.ClH/c1-5-7-9-11-13-15-17-19-21-23(3,4)22-20-18-16-14-12-10-8-6-2;/h11-14H,5-10,15-22H2,1-4H3;1H/q+1;/p-1/b13-11+,14-12+;. The molecular weight excluding hydrogens is 314 g/mol. The summed E-state index contributed by atoms with van der Waals surface area (Å²) in [4.78, 5) is 0. The van der Waals surface area contributed by atoms with Crippen LogP contribution in [0.1, 0.15) is 90.9 Å². The first kappa shape index (κ1) is 26.0. The minimum atomic E-state index is 0. The van der Waals surface area contributed by atoms with Crippen LogP contribution in [0.25, 0.3) is 0 Å². The van der Waals surface area contributed by atoms with Crippen LogP contribution >= 0.6 is 0 Å². The van der Waals surface area contributed by atoms with Gasteiger partial charge in [-0.05, 0) is 51.4 Å². The Hall–Kier alpha value is -0.270. The third kappa shape index (κ3) is 19.8. The number of hydrogen-bond donors (Lipinski definition) is 0. The summed E-state index contributed by atoms with van der Waals surface area (Å²) in [6, 6.07) is 0. The molecule has 0 rings (SSSR count). The topological polar surface area (TPSA) is 0 Å². The SMILES string of the molecule is CCCC/C=C/CCCC[N+](C)(C)CCCC/C=C/CCCC.[Cl-]. The van der Waals surface area contributed by atoms with Gasteiger partial charge in [0.1, 0.15) is 0 Å². The van der Waals surface area contributed by atoms with Crippen molar-refractivity contribution in [2.24, 2.45) is 0 Å². The summed E-state index contributed by atoms with van der Waals surface area (Å²) in [7, 11) is 4.79. The van der Waals surface area contributed by atoms with E-state index in [1.54, 1.807) is 0 Å². The molecule has 0 aliphatic heterocycles. The quantitative estimate of drug-likeness (QED) is 0.223. The molecule has 24 heavy (non-hydrogen) atoms. The van der Waals surface area contributed by atoms with E-state index < -0.39 is 0 Å². The molecule has 0 unspecified atom stereocenters. The molecule has 144 valence electrons. The molecule has 0 aliphatic rings. The van der Waals surface area contributed by atoms with Crippen molar-refractivity contribution in [1.29, 1.82) is 0 Å². The van der Waals surface area contributed by atoms with Crippen LogP contribution in [0.2, 0.25) is 0 Å². The normalized spacial score (nSPS) is 12.2. The number of nitrogens with zero attached hydrogens (tertiary/aromatic N) is 1. The predicted molar refractivity (Wildman–Crippen MR) is 107 cm³/mol. The maximum Gasteiger partial charge on any atom is 0.0782 e. The monoisotopic (exact) mass is 357 g/mol. The second-order valence-corrected chi connectivity index (χ2v) is 7.60. The molecule has 0 aromatic rings. The Bertz CT molecular complexity index is 266. The number of unbranched alkanes of at least 4 members (excludes halogenated alkanes) is 8. The number of halogens is 1. The van der Waals surface area contributed by atoms with E-state index in [4.69, 9.17) is 0 Å². The maximum absolute atomic E-state index is 2.40. The summed E-state index contributed by atoms with van der Waals surface area (Å²) in [5, 5.41) is 0. The summed E-state index contributed by atoms with van der Waals surface area (Å²) in [5.74, 6) is 0. The van der Waals surface area contributed by atoms with Gasteiger partial charge in [-0.3, -0.25) is 0 Å². The zero-order chi connectivity index (χ0) is 17.2. The Morgan fingerprint density at radius 2 is 0.875 bits per heavy atom. The molecule has 0 aliphatic carbocycles. The van der Waals surface area contributed by atoms with Crippen molar-refractivity contribution in [2.75, 3.05) is 27.2 Å². The number of quaternary nitrogens is 1. The van der Waals surface area contributed by atoms with Gasteiger partial charge < -0.3 is 16.9 Å². The molecule has 1 nitrogen and oxygen atoms in total. The Morgan fingerprint density at radius 1 is 0.542 bits per heavy atom. The number of hydrogen-bond acceptors (Lipinski definition) is 0. The minimum absolute atomic E-state index is 0. The van der Waals surface area contributed by atoms with Crippen LogP contribution in [-0.4, -0.2) is 31.7 Å². The molecule has 0 bridgehead atoms. The average molecular weight is 358 g/mol. The molecule has 0 aromatic carbocycles. The molecule has 0 saturated carbocycles. The molecule has 0 N–H and O–H groups in total. The van der Waals surface area contributed by atoms with Crippen molar-refractivity contribution >= 4 is 0 Å². The summed E-state index contributed by atoms with van der Waals surface area (Å²) in [6.07, 6.45) is 25.3. The zero-order valence-electron chi connectivity index (χ0n) is 17.0. The summed E-state index contributed by atoms with van der Waals surface area (Å²) in [5.41, 5.74) is 0. The van der Waals surface area contributed by atoms with Crippen LogP contribution in [0.5, 0.6) is 0 Å². The molecule has 0 fully saturated rings. The molecular formula is C22H44ClN. The van der Waals surface area contributed by atoms with Crippen LogP contribution in [0, 0.1) is 0 Å². The largest absolute Gasteiger partial charge is 1.00 e. The predicted octanol–water partition coefficient (Wildman–Crippen LogP) is 3.90. The van der Waals surface area contributed by atoms with Gasteiger partial charge in [0.15, 0.2) is 0 Å². The van der Waals surface area contributed by atoms with Crippen molar-refractivity contribution in [3.05, 3.63) is 24.3 Å². The Morgan fingerprint density at radius 3 is 1.21 bits per heavy atom. The lowest BCUT2D eigenvalue weighted by Crippen LogP contribution is -3.00. The average Bonchev–Trinajstić information content (AvgIpc) is 2.52. The van der Waals surface area contributed by atoms with Gasteiger partial charge in [0.2, 0.25) is 0 Å². The van der Waals surface area contributed by atoms with Gasteiger partial charge in [-0.1, -0.05) is 63.8 Å². The van der Waals surface area contributed by atoms with Gasteiger partial charge >= 0.3 is 0 Å². The second-order valence-electron chi connectivity index (χ2n) is 7.60. The Balaban J connectivity index is 0. The lowest BCUT2D eigenvalue weighted by atomic mass is 10.1. The van der Waals surface area contributed by atoms with Crippen molar-refractivity contribution in [2.45, 2.75) is 90.9 Å². The van der Waals surface area contributed by atoms with Gasteiger partial charge in [-0.15, -0.1) is 0 Å². The van der Waals surface area contributed by atoms with E-state index in [2.05, 4.69) is 52.2 Å². The van der Waals surface area contributed by atoms with E-state index in [-0.39, 0.29) is 12.4 Å². The highest BCUT2D eigenvalue weighted by Gasteiger charge is 2.12. The fraction of sp³-hybridized carbons (Fsp3) is 0.818. The highest BCUT2D eigenvalue weighted by molar-refractivity contribution is 4.81. The van der Waals surface area contributed by atoms with Crippen LogP contribution in [0.3, 0.4) is 0 Å². The van der Waals surface area contributed by atoms with E-state index in [0.29, 0.717) is 0 Å². The lowest BCUT2D eigenvalue weighted by molar-refractivity contribution is -0.890. The van der Waals surface area contributed by atoms with Crippen LogP contribution in [-0.2, 0) is 0 Å². The van der Waals surface area contributed by atoms with E-state index in [0.717, 1.165) is 0 Å². The Labute approximate surface area is 159 Å². The van der Waals surface area contributed by atoms with Crippen molar-refractivity contribution in [1.82, 2.24) is 0 Å². The molecule has 0 saturated heterocycles. The highest BCUT2D eigenvalue weighted by atomic mass is 35.5. The van der Waals surface area contributed by atoms with E-state index in [1.807, 2.05) is 0 Å². The van der Waals surface area contributed by atoms with E-state index in [9.17, 15) is 0 Å². The van der Waals surface area contributed by atoms with Crippen LogP contribution < -0.4 is 12.4 Å². The second kappa shape index (κ2) is 19.1. The van der Waals surface area contributed by atoms with E-state index >= 15 is 0 Å². The molecule has 0 amide bonds. The zero-order valence-corrected chi connectivity index (χ0v) is 17.8. The summed E-state index contributed by atoms with van der Waals surface area (Å²) < 4.78 is 1.19. The molecule has 0 radical (unpaired) electrons. The summed E-state index contributed by atoms with van der Waals surface area (Å²) in [6.45, 7) is 7.18. The molecule has 0 heterocycles. The van der Waals surface area contributed by atoms with Gasteiger partial charge in [0.05, 0.1) is 27.2 Å². The molecule has 0 aromatic heterocycles. The smallest absolute Gasteiger partial charge is 0.0782 e. The van der Waals surface area contributed by atoms with Crippen molar-refractivity contribution in [3.8, 4) is 0 Å². The first-order valence-electron chi connectivity index (χ1n) is 10.2. The van der Waals surface area contributed by atoms with Gasteiger partial charge in [0, 0.05) is 0 Å². The van der Waals surface area contributed by atoms with Crippen LogP contribution in [0.4, 0.5) is 0 Å². The lowest BCUT2D eigenvalue weighted by Gasteiger charge is -2.29. The molecule has 0 atom stereocenters. The molecule has 0 spiro atoms. The number of rotatable bonds is 16. The number of allylic oxidation sites excluding steroid dienone is 4. The molecule has 2 heteroatoms. The third-order valence-electron chi connectivity index (χ3n) is 4.55. The first-order chi connectivity index (χ1) is 11.1. The Kier molecular flexibility index (Phi) is 20.6. The first-order valence-corrected chi connectivity index (χ1v) is 10.2.